The maximum atomic E-state index is 5.30. The first kappa shape index (κ1) is 25.6. The molecule has 2 saturated heterocycles. The van der Waals surface area contributed by atoms with Gasteiger partial charge in [-0.3, -0.25) is 0 Å². The summed E-state index contributed by atoms with van der Waals surface area (Å²) >= 11 is 0. The molecular formula is C26H34Cl2N4O. The molecule has 2 unspecified atom stereocenters. The first-order valence-electron chi connectivity index (χ1n) is 11.5. The molecule has 5 rings (SSSR count). The van der Waals surface area contributed by atoms with Crippen molar-refractivity contribution in [3.05, 3.63) is 54.6 Å². The van der Waals surface area contributed by atoms with Crippen LogP contribution in [0.15, 0.2) is 54.6 Å². The Balaban J connectivity index is 0.00000153. The van der Waals surface area contributed by atoms with E-state index >= 15 is 0 Å². The van der Waals surface area contributed by atoms with Crippen molar-refractivity contribution in [2.24, 2.45) is 11.8 Å². The van der Waals surface area contributed by atoms with E-state index in [0.717, 1.165) is 53.0 Å². The van der Waals surface area contributed by atoms with E-state index in [1.165, 1.54) is 44.5 Å². The second-order valence-corrected chi connectivity index (χ2v) is 8.85. The predicted molar refractivity (Wildman–Crippen MR) is 142 cm³/mol. The lowest BCUT2D eigenvalue weighted by atomic mass is 9.90. The average molecular weight is 489 g/mol. The third kappa shape index (κ3) is 5.90. The SMILES string of the molecule is COc1ccc(-c2cc(NCCCN3CC4CCNCC4C3)c3ccccc3n2)cc1.Cl.Cl. The molecule has 33 heavy (non-hydrogen) atoms. The van der Waals surface area contributed by atoms with E-state index < -0.39 is 0 Å². The fourth-order valence-electron chi connectivity index (χ4n) is 5.11. The number of methoxy groups -OCH3 is 1. The first-order valence-corrected chi connectivity index (χ1v) is 11.5. The second kappa shape index (κ2) is 11.9. The fraction of sp³-hybridized carbons (Fsp3) is 0.423. The van der Waals surface area contributed by atoms with Crippen LogP contribution < -0.4 is 15.4 Å². The quantitative estimate of drug-likeness (QED) is 0.453. The molecular weight excluding hydrogens is 455 g/mol. The number of ether oxygens (including phenoxy) is 1. The van der Waals surface area contributed by atoms with Gasteiger partial charge in [0.05, 0.1) is 18.3 Å². The zero-order valence-electron chi connectivity index (χ0n) is 19.1. The number of halogens is 2. The molecule has 0 amide bonds. The molecule has 2 aliphatic heterocycles. The fourth-order valence-corrected chi connectivity index (χ4v) is 5.11. The normalized spacial score (nSPS) is 19.9. The number of likely N-dealkylation sites (tertiary alicyclic amines) is 1. The number of para-hydroxylation sites is 1. The molecule has 1 aromatic heterocycles. The van der Waals surface area contributed by atoms with E-state index in [1.54, 1.807) is 7.11 Å². The first-order chi connectivity index (χ1) is 15.3. The van der Waals surface area contributed by atoms with Gasteiger partial charge in [-0.25, -0.2) is 4.98 Å². The van der Waals surface area contributed by atoms with E-state index in [0.29, 0.717) is 0 Å². The number of nitrogens with zero attached hydrogens (tertiary/aromatic N) is 2. The van der Waals surface area contributed by atoms with Gasteiger partial charge >= 0.3 is 0 Å². The highest BCUT2D eigenvalue weighted by Gasteiger charge is 2.33. The van der Waals surface area contributed by atoms with Crippen molar-refractivity contribution >= 4 is 41.4 Å². The zero-order valence-corrected chi connectivity index (χ0v) is 20.8. The Labute approximate surface area is 209 Å². The van der Waals surface area contributed by atoms with Gasteiger partial charge in [-0.15, -0.1) is 24.8 Å². The molecule has 2 N–H and O–H groups in total. The minimum absolute atomic E-state index is 0. The number of aromatic nitrogens is 1. The van der Waals surface area contributed by atoms with Crippen LogP contribution in [-0.4, -0.2) is 56.3 Å². The maximum Gasteiger partial charge on any atom is 0.118 e. The Morgan fingerprint density at radius 3 is 2.64 bits per heavy atom. The number of nitrogens with one attached hydrogen (secondary N) is 2. The molecule has 2 aromatic carbocycles. The van der Waals surface area contributed by atoms with Crippen LogP contribution in [0.5, 0.6) is 5.75 Å². The van der Waals surface area contributed by atoms with Gasteiger partial charge in [0.15, 0.2) is 0 Å². The standard InChI is InChI=1S/C26H32N4O.2ClH/c1-31-22-9-7-19(8-10-22)25-15-26(23-5-2-3-6-24(23)29-25)28-12-4-14-30-17-20-11-13-27-16-21(20)18-30;;/h2-3,5-10,15,20-21,27H,4,11-14,16-18H2,1H3,(H,28,29);2*1H. The van der Waals surface area contributed by atoms with Crippen molar-refractivity contribution in [3.63, 3.8) is 0 Å². The summed E-state index contributed by atoms with van der Waals surface area (Å²) in [6, 6.07) is 18.7. The Bertz CT molecular complexity index is 1020. The number of benzene rings is 2. The minimum Gasteiger partial charge on any atom is -0.497 e. The van der Waals surface area contributed by atoms with Gasteiger partial charge in [-0.1, -0.05) is 18.2 Å². The maximum absolute atomic E-state index is 5.30. The van der Waals surface area contributed by atoms with E-state index in [2.05, 4.69) is 58.0 Å². The van der Waals surface area contributed by atoms with Crippen LogP contribution in [-0.2, 0) is 0 Å². The lowest BCUT2D eigenvalue weighted by molar-refractivity contribution is 0.317. The number of piperidine rings is 1. The topological polar surface area (TPSA) is 49.4 Å². The molecule has 0 bridgehead atoms. The Hall–Kier alpha value is -2.05. The van der Waals surface area contributed by atoms with E-state index in [1.807, 2.05) is 12.1 Å². The van der Waals surface area contributed by atoms with E-state index in [9.17, 15) is 0 Å². The van der Waals surface area contributed by atoms with Gasteiger partial charge in [0.1, 0.15) is 5.75 Å². The lowest BCUT2D eigenvalue weighted by Crippen LogP contribution is -2.35. The predicted octanol–water partition coefficient (Wildman–Crippen LogP) is 5.10. The van der Waals surface area contributed by atoms with Gasteiger partial charge < -0.3 is 20.3 Å². The Kier molecular flexibility index (Phi) is 9.21. The van der Waals surface area contributed by atoms with Crippen molar-refractivity contribution in [1.29, 1.82) is 0 Å². The van der Waals surface area contributed by atoms with Gasteiger partial charge in [-0.2, -0.15) is 0 Å². The molecule has 3 aromatic rings. The monoisotopic (exact) mass is 488 g/mol. The molecule has 0 aliphatic carbocycles. The summed E-state index contributed by atoms with van der Waals surface area (Å²) in [5.74, 6) is 2.63. The minimum atomic E-state index is 0. The molecule has 3 heterocycles. The molecule has 5 nitrogen and oxygen atoms in total. The number of anilines is 1. The van der Waals surface area contributed by atoms with Crippen LogP contribution in [0.3, 0.4) is 0 Å². The van der Waals surface area contributed by atoms with E-state index in [4.69, 9.17) is 9.72 Å². The second-order valence-electron chi connectivity index (χ2n) is 8.85. The summed E-state index contributed by atoms with van der Waals surface area (Å²) in [7, 11) is 1.69. The molecule has 178 valence electrons. The van der Waals surface area contributed by atoms with Crippen molar-refractivity contribution in [2.45, 2.75) is 12.8 Å². The number of pyridine rings is 1. The summed E-state index contributed by atoms with van der Waals surface area (Å²) in [5.41, 5.74) is 4.27. The number of hydrogen-bond donors (Lipinski definition) is 2. The van der Waals surface area contributed by atoms with Gasteiger partial charge in [-0.05, 0) is 80.7 Å². The number of fused-ring (bicyclic) bond motifs is 2. The summed E-state index contributed by atoms with van der Waals surface area (Å²) in [6.07, 6.45) is 2.50. The highest BCUT2D eigenvalue weighted by molar-refractivity contribution is 5.93. The lowest BCUT2D eigenvalue weighted by Gasteiger charge is -2.24. The van der Waals surface area contributed by atoms with Gasteiger partial charge in [0, 0.05) is 36.3 Å². The molecule has 0 radical (unpaired) electrons. The largest absolute Gasteiger partial charge is 0.497 e. The molecule has 2 fully saturated rings. The molecule has 0 saturated carbocycles. The highest BCUT2D eigenvalue weighted by Crippen LogP contribution is 2.30. The van der Waals surface area contributed by atoms with Gasteiger partial charge in [0.25, 0.3) is 0 Å². The summed E-state index contributed by atoms with van der Waals surface area (Å²) in [5, 5.41) is 8.44. The summed E-state index contributed by atoms with van der Waals surface area (Å²) in [6.45, 7) is 7.09. The summed E-state index contributed by atoms with van der Waals surface area (Å²) < 4.78 is 5.30. The zero-order chi connectivity index (χ0) is 21.0. The van der Waals surface area contributed by atoms with Crippen molar-refractivity contribution in [2.75, 3.05) is 51.7 Å². The smallest absolute Gasteiger partial charge is 0.118 e. The molecule has 2 atom stereocenters. The van der Waals surface area contributed by atoms with Crippen LogP contribution in [0.4, 0.5) is 5.69 Å². The van der Waals surface area contributed by atoms with Crippen LogP contribution in [0.1, 0.15) is 12.8 Å². The van der Waals surface area contributed by atoms with Crippen LogP contribution in [0, 0.1) is 11.8 Å². The van der Waals surface area contributed by atoms with E-state index in [-0.39, 0.29) is 24.8 Å². The molecule has 7 heteroatoms. The molecule has 2 aliphatic rings. The Morgan fingerprint density at radius 1 is 1.06 bits per heavy atom. The number of rotatable bonds is 7. The van der Waals surface area contributed by atoms with Crippen LogP contribution in [0.25, 0.3) is 22.2 Å². The number of hydrogen-bond acceptors (Lipinski definition) is 5. The van der Waals surface area contributed by atoms with Crippen LogP contribution in [0.2, 0.25) is 0 Å². The van der Waals surface area contributed by atoms with Crippen LogP contribution >= 0.6 is 24.8 Å². The van der Waals surface area contributed by atoms with Crippen molar-refractivity contribution in [3.8, 4) is 17.0 Å². The highest BCUT2D eigenvalue weighted by atomic mass is 35.5. The Morgan fingerprint density at radius 2 is 1.85 bits per heavy atom. The third-order valence-corrected chi connectivity index (χ3v) is 6.82. The molecule has 0 spiro atoms. The van der Waals surface area contributed by atoms with Gasteiger partial charge in [0.2, 0.25) is 0 Å². The van der Waals surface area contributed by atoms with Crippen molar-refractivity contribution in [1.82, 2.24) is 15.2 Å². The van der Waals surface area contributed by atoms with Crippen molar-refractivity contribution < 1.29 is 4.74 Å². The summed E-state index contributed by atoms with van der Waals surface area (Å²) in [4.78, 5) is 7.56. The third-order valence-electron chi connectivity index (χ3n) is 6.82. The average Bonchev–Trinajstić information content (AvgIpc) is 3.24.